The van der Waals surface area contributed by atoms with Crippen LogP contribution in [0.2, 0.25) is 0 Å². The first kappa shape index (κ1) is 14.2. The van der Waals surface area contributed by atoms with Gasteiger partial charge in [0, 0.05) is 12.1 Å². The van der Waals surface area contributed by atoms with Gasteiger partial charge < -0.3 is 10.1 Å². The number of benzene rings is 1. The summed E-state index contributed by atoms with van der Waals surface area (Å²) in [7, 11) is 0. The van der Waals surface area contributed by atoms with Crippen LogP contribution in [0.5, 0.6) is 0 Å². The molecule has 0 radical (unpaired) electrons. The van der Waals surface area contributed by atoms with Gasteiger partial charge in [0.05, 0.1) is 13.0 Å². The second kappa shape index (κ2) is 7.48. The average molecular weight is 249 g/mol. The molecule has 0 heterocycles. The fourth-order valence-corrected chi connectivity index (χ4v) is 1.66. The van der Waals surface area contributed by atoms with Crippen LogP contribution in [0.25, 0.3) is 0 Å². The summed E-state index contributed by atoms with van der Waals surface area (Å²) in [4.78, 5) is 23.0. The van der Waals surface area contributed by atoms with E-state index in [0.717, 1.165) is 12.0 Å². The van der Waals surface area contributed by atoms with Gasteiger partial charge in [-0.15, -0.1) is 0 Å². The summed E-state index contributed by atoms with van der Waals surface area (Å²) >= 11 is 0. The van der Waals surface area contributed by atoms with Crippen molar-refractivity contribution in [3.8, 4) is 0 Å². The zero-order valence-electron chi connectivity index (χ0n) is 10.9. The number of rotatable bonds is 6. The molecule has 0 aliphatic rings. The first-order valence-corrected chi connectivity index (χ1v) is 6.20. The third-order valence-corrected chi connectivity index (χ3v) is 2.56. The van der Waals surface area contributed by atoms with Gasteiger partial charge >= 0.3 is 5.97 Å². The van der Waals surface area contributed by atoms with Crippen LogP contribution in [0, 0.1) is 0 Å². The quantitative estimate of drug-likeness (QED) is 0.784. The molecule has 1 rings (SSSR count). The molecule has 0 saturated heterocycles. The van der Waals surface area contributed by atoms with Gasteiger partial charge in [-0.1, -0.05) is 25.1 Å². The molecule has 0 aromatic heterocycles. The molecular formula is C14H19NO3. The van der Waals surface area contributed by atoms with Gasteiger partial charge in [-0.2, -0.15) is 0 Å². The Morgan fingerprint density at radius 2 is 1.94 bits per heavy atom. The summed E-state index contributed by atoms with van der Waals surface area (Å²) in [6.45, 7) is 4.43. The second-order valence-electron chi connectivity index (χ2n) is 3.82. The lowest BCUT2D eigenvalue weighted by molar-refractivity contribution is -0.142. The number of aryl methyl sites for hydroxylation is 1. The molecule has 98 valence electrons. The number of carbonyl (C=O) groups excluding carboxylic acids is 2. The average Bonchev–Trinajstić information content (AvgIpc) is 2.38. The molecule has 0 fully saturated rings. The summed E-state index contributed by atoms with van der Waals surface area (Å²) in [5.74, 6) is -0.432. The van der Waals surface area contributed by atoms with Crippen molar-refractivity contribution in [2.24, 2.45) is 0 Å². The lowest BCUT2D eigenvalue weighted by atomic mass is 10.0. The smallest absolute Gasteiger partial charge is 0.307 e. The van der Waals surface area contributed by atoms with Crippen LogP contribution in [0.3, 0.4) is 0 Å². The highest BCUT2D eigenvalue weighted by molar-refractivity contribution is 5.95. The number of ether oxygens (including phenoxy) is 1. The summed E-state index contributed by atoms with van der Waals surface area (Å²) in [5, 5.41) is 2.72. The van der Waals surface area contributed by atoms with Crippen molar-refractivity contribution in [1.29, 1.82) is 0 Å². The van der Waals surface area contributed by atoms with Crippen molar-refractivity contribution in [2.45, 2.75) is 26.7 Å². The molecule has 1 amide bonds. The molecule has 18 heavy (non-hydrogen) atoms. The fourth-order valence-electron chi connectivity index (χ4n) is 1.66. The lowest BCUT2D eigenvalue weighted by Crippen LogP contribution is -2.27. The highest BCUT2D eigenvalue weighted by atomic mass is 16.5. The largest absolute Gasteiger partial charge is 0.466 e. The topological polar surface area (TPSA) is 55.4 Å². The Balaban J connectivity index is 2.48. The molecule has 0 atom stereocenters. The van der Waals surface area contributed by atoms with Gasteiger partial charge in [-0.05, 0) is 25.0 Å². The van der Waals surface area contributed by atoms with E-state index in [0.29, 0.717) is 18.7 Å². The van der Waals surface area contributed by atoms with Crippen molar-refractivity contribution in [3.63, 3.8) is 0 Å². The Hall–Kier alpha value is -1.84. The maximum atomic E-state index is 11.9. The fraction of sp³-hybridized carbons (Fsp3) is 0.429. The number of nitrogens with one attached hydrogen (secondary N) is 1. The maximum Gasteiger partial charge on any atom is 0.307 e. The normalized spacial score (nSPS) is 9.89. The molecule has 1 aromatic carbocycles. The van der Waals surface area contributed by atoms with Crippen molar-refractivity contribution in [3.05, 3.63) is 35.4 Å². The van der Waals surface area contributed by atoms with Gasteiger partial charge in [0.2, 0.25) is 0 Å². The van der Waals surface area contributed by atoms with E-state index in [1.54, 1.807) is 13.0 Å². The van der Waals surface area contributed by atoms with E-state index in [1.807, 2.05) is 25.1 Å². The van der Waals surface area contributed by atoms with Gasteiger partial charge in [0.25, 0.3) is 5.91 Å². The first-order valence-electron chi connectivity index (χ1n) is 6.20. The van der Waals surface area contributed by atoms with E-state index >= 15 is 0 Å². The van der Waals surface area contributed by atoms with Crippen LogP contribution in [-0.4, -0.2) is 25.0 Å². The molecule has 0 aliphatic carbocycles. The minimum atomic E-state index is -0.290. The van der Waals surface area contributed by atoms with Gasteiger partial charge in [-0.25, -0.2) is 0 Å². The minimum Gasteiger partial charge on any atom is -0.466 e. The van der Waals surface area contributed by atoms with E-state index in [4.69, 9.17) is 4.74 Å². The van der Waals surface area contributed by atoms with E-state index < -0.39 is 0 Å². The van der Waals surface area contributed by atoms with Crippen LogP contribution >= 0.6 is 0 Å². The Morgan fingerprint density at radius 3 is 2.61 bits per heavy atom. The van der Waals surface area contributed by atoms with Crippen LogP contribution in [0.4, 0.5) is 0 Å². The zero-order chi connectivity index (χ0) is 13.4. The predicted molar refractivity (Wildman–Crippen MR) is 69.4 cm³/mol. The van der Waals surface area contributed by atoms with E-state index in [-0.39, 0.29) is 18.3 Å². The molecule has 0 aliphatic heterocycles. The van der Waals surface area contributed by atoms with Crippen LogP contribution in [0.1, 0.15) is 36.2 Å². The number of carbonyl (C=O) groups is 2. The van der Waals surface area contributed by atoms with Gasteiger partial charge in [-0.3, -0.25) is 9.59 Å². The Bertz CT molecular complexity index is 415. The predicted octanol–water partition coefficient (Wildman–Crippen LogP) is 1.93. The number of amides is 1. The van der Waals surface area contributed by atoms with E-state index in [9.17, 15) is 9.59 Å². The second-order valence-corrected chi connectivity index (χ2v) is 3.82. The first-order chi connectivity index (χ1) is 8.69. The standard InChI is InChI=1S/C14H19NO3/c1-3-11-7-5-6-8-12(11)14(17)15-10-9-13(16)18-4-2/h5-8H,3-4,9-10H2,1-2H3,(H,15,17). The molecular weight excluding hydrogens is 230 g/mol. The number of esters is 1. The molecule has 0 spiro atoms. The molecule has 1 aromatic rings. The summed E-state index contributed by atoms with van der Waals surface area (Å²) < 4.78 is 4.78. The summed E-state index contributed by atoms with van der Waals surface area (Å²) in [6.07, 6.45) is 1.01. The molecule has 4 heteroatoms. The number of hydrogen-bond acceptors (Lipinski definition) is 3. The molecule has 0 unspecified atom stereocenters. The molecule has 0 saturated carbocycles. The third kappa shape index (κ3) is 4.20. The van der Waals surface area contributed by atoms with Crippen LogP contribution < -0.4 is 5.32 Å². The van der Waals surface area contributed by atoms with E-state index in [2.05, 4.69) is 5.32 Å². The van der Waals surface area contributed by atoms with Crippen LogP contribution in [-0.2, 0) is 16.0 Å². The SMILES string of the molecule is CCOC(=O)CCNC(=O)c1ccccc1CC. The van der Waals surface area contributed by atoms with Gasteiger partial charge in [0.1, 0.15) is 0 Å². The van der Waals surface area contributed by atoms with Crippen molar-refractivity contribution in [2.75, 3.05) is 13.2 Å². The molecule has 1 N–H and O–H groups in total. The third-order valence-electron chi connectivity index (χ3n) is 2.56. The van der Waals surface area contributed by atoms with Crippen molar-refractivity contribution >= 4 is 11.9 Å². The lowest BCUT2D eigenvalue weighted by Gasteiger charge is -2.08. The Labute approximate surface area is 107 Å². The zero-order valence-corrected chi connectivity index (χ0v) is 10.9. The minimum absolute atomic E-state index is 0.142. The molecule has 0 bridgehead atoms. The van der Waals surface area contributed by atoms with Crippen LogP contribution in [0.15, 0.2) is 24.3 Å². The van der Waals surface area contributed by atoms with Crippen molar-refractivity contribution in [1.82, 2.24) is 5.32 Å². The molecule has 4 nitrogen and oxygen atoms in total. The summed E-state index contributed by atoms with van der Waals surface area (Å²) in [5.41, 5.74) is 1.68. The van der Waals surface area contributed by atoms with E-state index in [1.165, 1.54) is 0 Å². The Morgan fingerprint density at radius 1 is 1.22 bits per heavy atom. The number of hydrogen-bond donors (Lipinski definition) is 1. The van der Waals surface area contributed by atoms with Gasteiger partial charge in [0.15, 0.2) is 0 Å². The maximum absolute atomic E-state index is 11.9. The van der Waals surface area contributed by atoms with Crippen molar-refractivity contribution < 1.29 is 14.3 Å². The Kier molecular flexibility index (Phi) is 5.91. The monoisotopic (exact) mass is 249 g/mol. The summed E-state index contributed by atoms with van der Waals surface area (Å²) in [6, 6.07) is 7.46. The highest BCUT2D eigenvalue weighted by Crippen LogP contribution is 2.08. The highest BCUT2D eigenvalue weighted by Gasteiger charge is 2.09.